The highest BCUT2D eigenvalue weighted by molar-refractivity contribution is 6.03. The number of aromatic amines is 1. The van der Waals surface area contributed by atoms with E-state index in [0.29, 0.717) is 5.69 Å². The van der Waals surface area contributed by atoms with Crippen LogP contribution in [0.3, 0.4) is 0 Å². The number of aromatic nitrogens is 1. The third kappa shape index (κ3) is 3.37. The Labute approximate surface area is 115 Å². The average molecular weight is 283 g/mol. The Morgan fingerprint density at radius 3 is 2.25 bits per heavy atom. The topological polar surface area (TPSA) is 106 Å². The molecule has 1 heterocycles. The first kappa shape index (κ1) is 15.7. The summed E-state index contributed by atoms with van der Waals surface area (Å²) >= 11 is 0. The number of esters is 2. The van der Waals surface area contributed by atoms with E-state index in [1.165, 1.54) is 0 Å². The molecule has 2 N–H and O–H groups in total. The Bertz CT molecular complexity index is 531. The molecule has 1 rings (SSSR count). The number of rotatable bonds is 6. The minimum absolute atomic E-state index is 0.128. The van der Waals surface area contributed by atoms with E-state index in [1.54, 1.807) is 20.8 Å². The van der Waals surface area contributed by atoms with Gasteiger partial charge in [-0.15, -0.1) is 0 Å². The summed E-state index contributed by atoms with van der Waals surface area (Å²) in [5.74, 6) is -2.60. The quantitative estimate of drug-likeness (QED) is 0.762. The van der Waals surface area contributed by atoms with E-state index < -0.39 is 17.9 Å². The molecule has 1 aromatic heterocycles. The Morgan fingerprint density at radius 2 is 1.75 bits per heavy atom. The first-order chi connectivity index (χ1) is 9.42. The number of H-pyrrole nitrogens is 1. The van der Waals surface area contributed by atoms with Crippen LogP contribution >= 0.6 is 0 Å². The lowest BCUT2D eigenvalue weighted by atomic mass is 10.1. The molecule has 110 valence electrons. The highest BCUT2D eigenvalue weighted by atomic mass is 16.5. The van der Waals surface area contributed by atoms with Crippen LogP contribution < -0.4 is 0 Å². The maximum atomic E-state index is 11.7. The van der Waals surface area contributed by atoms with Gasteiger partial charge in [0, 0.05) is 5.69 Å². The first-order valence-electron chi connectivity index (χ1n) is 6.19. The molecule has 0 amide bonds. The second-order valence-corrected chi connectivity index (χ2v) is 3.99. The molecule has 0 aliphatic rings. The molecule has 0 unspecified atom stereocenters. The zero-order valence-corrected chi connectivity index (χ0v) is 11.6. The third-order valence-electron chi connectivity index (χ3n) is 2.64. The van der Waals surface area contributed by atoms with E-state index in [-0.39, 0.29) is 36.5 Å². The second kappa shape index (κ2) is 6.74. The van der Waals surface area contributed by atoms with Gasteiger partial charge in [-0.1, -0.05) is 0 Å². The van der Waals surface area contributed by atoms with Crippen molar-refractivity contribution in [3.05, 3.63) is 22.5 Å². The summed E-state index contributed by atoms with van der Waals surface area (Å²) in [5.41, 5.74) is 0.266. The maximum Gasteiger partial charge on any atom is 0.355 e. The molecule has 0 spiro atoms. The molecule has 0 saturated heterocycles. The Balaban J connectivity index is 3.20. The Kier molecular flexibility index (Phi) is 5.31. The number of carbonyl (C=O) groups excluding carboxylic acids is 2. The van der Waals surface area contributed by atoms with Crippen molar-refractivity contribution in [3.63, 3.8) is 0 Å². The molecule has 0 bridgehead atoms. The minimum atomic E-state index is -1.29. The number of hydrogen-bond acceptors (Lipinski definition) is 5. The van der Waals surface area contributed by atoms with E-state index in [1.807, 2.05) is 0 Å². The smallest absolute Gasteiger partial charge is 0.355 e. The van der Waals surface area contributed by atoms with Crippen molar-refractivity contribution in [2.24, 2.45) is 0 Å². The zero-order chi connectivity index (χ0) is 15.3. The molecule has 1 aromatic rings. The summed E-state index contributed by atoms with van der Waals surface area (Å²) in [4.78, 5) is 37.2. The summed E-state index contributed by atoms with van der Waals surface area (Å²) in [6, 6.07) is 0. The third-order valence-corrected chi connectivity index (χ3v) is 2.64. The lowest BCUT2D eigenvalue weighted by molar-refractivity contribution is -0.142. The fourth-order valence-corrected chi connectivity index (χ4v) is 1.83. The molecule has 0 aromatic carbocycles. The van der Waals surface area contributed by atoms with Crippen molar-refractivity contribution in [2.75, 3.05) is 13.2 Å². The lowest BCUT2D eigenvalue weighted by Gasteiger charge is -2.04. The SMILES string of the molecule is CCOC(=O)Cc1c(C)[nH]c(C(=O)OCC)c1C(=O)O. The van der Waals surface area contributed by atoms with Gasteiger partial charge in [0.05, 0.1) is 25.2 Å². The zero-order valence-electron chi connectivity index (χ0n) is 11.6. The molecule has 20 heavy (non-hydrogen) atoms. The highest BCUT2D eigenvalue weighted by Crippen LogP contribution is 2.21. The van der Waals surface area contributed by atoms with E-state index in [2.05, 4.69) is 4.98 Å². The number of hydrogen-bond donors (Lipinski definition) is 2. The predicted octanol–water partition coefficient (Wildman–Crippen LogP) is 1.30. The molecular formula is C13H17NO6. The van der Waals surface area contributed by atoms with Crippen LogP contribution in [0.15, 0.2) is 0 Å². The van der Waals surface area contributed by atoms with Crippen LogP contribution in [0.2, 0.25) is 0 Å². The lowest BCUT2D eigenvalue weighted by Crippen LogP contribution is -2.14. The number of carboxylic acid groups (broad SMARTS) is 1. The number of nitrogens with one attached hydrogen (secondary N) is 1. The Hall–Kier alpha value is -2.31. The second-order valence-electron chi connectivity index (χ2n) is 3.99. The van der Waals surface area contributed by atoms with Crippen LogP contribution in [0.4, 0.5) is 0 Å². The van der Waals surface area contributed by atoms with Crippen LogP contribution in [-0.2, 0) is 20.7 Å². The van der Waals surface area contributed by atoms with Gasteiger partial charge in [0.2, 0.25) is 0 Å². The molecule has 0 aliphatic carbocycles. The fourth-order valence-electron chi connectivity index (χ4n) is 1.83. The normalized spacial score (nSPS) is 10.2. The van der Waals surface area contributed by atoms with Crippen molar-refractivity contribution in [1.29, 1.82) is 0 Å². The molecule has 0 fully saturated rings. The van der Waals surface area contributed by atoms with Gasteiger partial charge in [0.1, 0.15) is 5.69 Å². The monoisotopic (exact) mass is 283 g/mol. The van der Waals surface area contributed by atoms with Crippen molar-refractivity contribution in [2.45, 2.75) is 27.2 Å². The summed E-state index contributed by atoms with van der Waals surface area (Å²) in [6.45, 7) is 5.19. The van der Waals surface area contributed by atoms with Gasteiger partial charge in [-0.05, 0) is 26.3 Å². The van der Waals surface area contributed by atoms with Crippen LogP contribution in [0.5, 0.6) is 0 Å². The molecule has 0 aliphatic heterocycles. The number of aromatic carboxylic acids is 1. The van der Waals surface area contributed by atoms with Crippen LogP contribution in [-0.4, -0.2) is 41.2 Å². The largest absolute Gasteiger partial charge is 0.478 e. The first-order valence-corrected chi connectivity index (χ1v) is 6.19. The minimum Gasteiger partial charge on any atom is -0.478 e. The van der Waals surface area contributed by atoms with Gasteiger partial charge in [-0.25, -0.2) is 9.59 Å². The molecule has 0 atom stereocenters. The van der Waals surface area contributed by atoms with Gasteiger partial charge in [-0.2, -0.15) is 0 Å². The van der Waals surface area contributed by atoms with Crippen LogP contribution in [0, 0.1) is 6.92 Å². The van der Waals surface area contributed by atoms with E-state index >= 15 is 0 Å². The Morgan fingerprint density at radius 1 is 1.15 bits per heavy atom. The number of aryl methyl sites for hydroxylation is 1. The van der Waals surface area contributed by atoms with Gasteiger partial charge in [0.15, 0.2) is 0 Å². The maximum absolute atomic E-state index is 11.7. The summed E-state index contributed by atoms with van der Waals surface area (Å²) in [7, 11) is 0. The standard InChI is InChI=1S/C13H17NO6/c1-4-19-9(15)6-8-7(3)14-11(10(8)12(16)17)13(18)20-5-2/h14H,4-6H2,1-3H3,(H,16,17). The van der Waals surface area contributed by atoms with E-state index in [9.17, 15) is 19.5 Å². The molecule has 7 heteroatoms. The summed E-state index contributed by atoms with van der Waals surface area (Å²) in [5, 5.41) is 9.24. The van der Waals surface area contributed by atoms with Crippen molar-refractivity contribution >= 4 is 17.9 Å². The van der Waals surface area contributed by atoms with Crippen LogP contribution in [0.25, 0.3) is 0 Å². The van der Waals surface area contributed by atoms with Gasteiger partial charge < -0.3 is 19.6 Å². The van der Waals surface area contributed by atoms with Crippen LogP contribution in [0.1, 0.15) is 46.0 Å². The molecule has 7 nitrogen and oxygen atoms in total. The fraction of sp³-hybridized carbons (Fsp3) is 0.462. The van der Waals surface area contributed by atoms with Crippen molar-refractivity contribution < 1.29 is 29.0 Å². The molecule has 0 saturated carbocycles. The van der Waals surface area contributed by atoms with Crippen molar-refractivity contribution in [3.8, 4) is 0 Å². The molecule has 0 radical (unpaired) electrons. The van der Waals surface area contributed by atoms with Crippen molar-refractivity contribution in [1.82, 2.24) is 4.98 Å². The summed E-state index contributed by atoms with van der Waals surface area (Å²) < 4.78 is 9.58. The average Bonchev–Trinajstić information content (AvgIpc) is 2.67. The van der Waals surface area contributed by atoms with Gasteiger partial charge in [-0.3, -0.25) is 4.79 Å². The number of carboxylic acids is 1. The van der Waals surface area contributed by atoms with E-state index in [4.69, 9.17) is 9.47 Å². The number of ether oxygens (including phenoxy) is 2. The predicted molar refractivity (Wildman–Crippen MR) is 68.8 cm³/mol. The van der Waals surface area contributed by atoms with Gasteiger partial charge in [0.25, 0.3) is 0 Å². The number of carbonyl (C=O) groups is 3. The van der Waals surface area contributed by atoms with E-state index in [0.717, 1.165) is 0 Å². The molecular weight excluding hydrogens is 266 g/mol. The highest BCUT2D eigenvalue weighted by Gasteiger charge is 2.27. The summed E-state index contributed by atoms with van der Waals surface area (Å²) in [6.07, 6.45) is -0.211. The van der Waals surface area contributed by atoms with Gasteiger partial charge >= 0.3 is 17.9 Å².